The minimum atomic E-state index is -3.39. The standard InChI is InChI=1S/C21H25ClN2O5S/c1-16-3-2-4-17(11-16)15-30(27,28)24-9-7-23(8-10-24)13-18-12-19(22)5-6-20(18)29-14-21(25)26/h2-6,11-12H,7-10,13-15H2,1H3,(H,25,26). The maximum absolute atomic E-state index is 12.8. The van der Waals surface area contributed by atoms with Gasteiger partial charge < -0.3 is 9.84 Å². The summed E-state index contributed by atoms with van der Waals surface area (Å²) in [5.74, 6) is -0.587. The van der Waals surface area contributed by atoms with Crippen LogP contribution in [0.4, 0.5) is 0 Å². The van der Waals surface area contributed by atoms with Crippen LogP contribution in [0.25, 0.3) is 0 Å². The molecule has 1 N–H and O–H groups in total. The van der Waals surface area contributed by atoms with E-state index in [0.29, 0.717) is 43.5 Å². The summed E-state index contributed by atoms with van der Waals surface area (Å²) in [7, 11) is -3.39. The van der Waals surface area contributed by atoms with Crippen LogP contribution in [-0.2, 0) is 27.1 Å². The number of ether oxygens (including phenoxy) is 1. The zero-order valence-electron chi connectivity index (χ0n) is 16.8. The van der Waals surface area contributed by atoms with Crippen molar-refractivity contribution in [3.05, 3.63) is 64.2 Å². The number of rotatable bonds is 8. The molecule has 7 nitrogen and oxygen atoms in total. The molecule has 0 spiro atoms. The highest BCUT2D eigenvalue weighted by Gasteiger charge is 2.27. The van der Waals surface area contributed by atoms with Crippen LogP contribution in [0.3, 0.4) is 0 Å². The molecule has 30 heavy (non-hydrogen) atoms. The van der Waals surface area contributed by atoms with Crippen LogP contribution in [0, 0.1) is 6.92 Å². The Balaban J connectivity index is 1.60. The van der Waals surface area contributed by atoms with Crippen molar-refractivity contribution in [2.75, 3.05) is 32.8 Å². The van der Waals surface area contributed by atoms with Crippen LogP contribution in [0.2, 0.25) is 5.02 Å². The first kappa shape index (κ1) is 22.6. The molecule has 162 valence electrons. The highest BCUT2D eigenvalue weighted by atomic mass is 35.5. The molecular formula is C21H25ClN2O5S. The Bertz CT molecular complexity index is 1000. The largest absolute Gasteiger partial charge is 0.482 e. The fourth-order valence-corrected chi connectivity index (χ4v) is 5.16. The number of carboxylic acids is 1. The average molecular weight is 453 g/mol. The van der Waals surface area contributed by atoms with E-state index in [-0.39, 0.29) is 5.75 Å². The number of aryl methyl sites for hydroxylation is 1. The molecular weight excluding hydrogens is 428 g/mol. The van der Waals surface area contributed by atoms with Gasteiger partial charge in [-0.25, -0.2) is 13.2 Å². The van der Waals surface area contributed by atoms with Gasteiger partial charge in [0.1, 0.15) is 5.75 Å². The summed E-state index contributed by atoms with van der Waals surface area (Å²) in [5.41, 5.74) is 2.60. The van der Waals surface area contributed by atoms with Crippen molar-refractivity contribution in [1.82, 2.24) is 9.21 Å². The molecule has 1 saturated heterocycles. The fourth-order valence-electron chi connectivity index (χ4n) is 3.46. The predicted octanol–water partition coefficient (Wildman–Crippen LogP) is 2.76. The van der Waals surface area contributed by atoms with Crippen molar-refractivity contribution in [2.24, 2.45) is 0 Å². The molecule has 1 fully saturated rings. The van der Waals surface area contributed by atoms with Crippen LogP contribution in [-0.4, -0.2) is 61.5 Å². The van der Waals surface area contributed by atoms with Crippen LogP contribution < -0.4 is 4.74 Å². The average Bonchev–Trinajstić information content (AvgIpc) is 2.67. The van der Waals surface area contributed by atoms with Gasteiger partial charge in [0.15, 0.2) is 6.61 Å². The molecule has 0 radical (unpaired) electrons. The zero-order chi connectivity index (χ0) is 21.7. The minimum Gasteiger partial charge on any atom is -0.482 e. The Labute approximate surface area is 181 Å². The highest BCUT2D eigenvalue weighted by Crippen LogP contribution is 2.25. The fraction of sp³-hybridized carbons (Fsp3) is 0.381. The molecule has 3 rings (SSSR count). The summed E-state index contributed by atoms with van der Waals surface area (Å²) in [6.07, 6.45) is 0. The second kappa shape index (κ2) is 9.78. The summed E-state index contributed by atoms with van der Waals surface area (Å²) < 4.78 is 32.5. The van der Waals surface area contributed by atoms with Gasteiger partial charge in [-0.15, -0.1) is 0 Å². The number of hydrogen-bond acceptors (Lipinski definition) is 5. The number of sulfonamides is 1. The van der Waals surface area contributed by atoms with Gasteiger partial charge in [-0.05, 0) is 30.7 Å². The number of benzene rings is 2. The van der Waals surface area contributed by atoms with Gasteiger partial charge >= 0.3 is 5.97 Å². The molecule has 1 aliphatic rings. The van der Waals surface area contributed by atoms with Gasteiger partial charge in [0.2, 0.25) is 10.0 Å². The van der Waals surface area contributed by atoms with Crippen molar-refractivity contribution in [1.29, 1.82) is 0 Å². The maximum Gasteiger partial charge on any atom is 0.341 e. The van der Waals surface area contributed by atoms with Crippen molar-refractivity contribution in [3.8, 4) is 5.75 Å². The summed E-state index contributed by atoms with van der Waals surface area (Å²) in [4.78, 5) is 12.9. The van der Waals surface area contributed by atoms with Crippen molar-refractivity contribution in [2.45, 2.75) is 19.2 Å². The van der Waals surface area contributed by atoms with Gasteiger partial charge in [0.25, 0.3) is 0 Å². The van der Waals surface area contributed by atoms with E-state index < -0.39 is 22.6 Å². The molecule has 0 saturated carbocycles. The summed E-state index contributed by atoms with van der Waals surface area (Å²) in [6.45, 7) is 3.95. The molecule has 0 amide bonds. The van der Waals surface area contributed by atoms with E-state index in [9.17, 15) is 13.2 Å². The third-order valence-electron chi connectivity index (χ3n) is 4.92. The molecule has 0 aliphatic carbocycles. The Hall–Kier alpha value is -2.13. The number of halogens is 1. The Morgan fingerprint density at radius 1 is 1.13 bits per heavy atom. The van der Waals surface area contributed by atoms with Gasteiger partial charge in [-0.2, -0.15) is 4.31 Å². The molecule has 9 heteroatoms. The van der Waals surface area contributed by atoms with Crippen LogP contribution >= 0.6 is 11.6 Å². The first-order chi connectivity index (χ1) is 14.2. The molecule has 1 heterocycles. The second-order valence-electron chi connectivity index (χ2n) is 7.35. The van der Waals surface area contributed by atoms with Crippen LogP contribution in [0.15, 0.2) is 42.5 Å². The maximum atomic E-state index is 12.8. The summed E-state index contributed by atoms with van der Waals surface area (Å²) in [6, 6.07) is 12.6. The number of carboxylic acid groups (broad SMARTS) is 1. The van der Waals surface area contributed by atoms with Gasteiger partial charge in [-0.3, -0.25) is 4.90 Å². The van der Waals surface area contributed by atoms with E-state index in [0.717, 1.165) is 16.7 Å². The lowest BCUT2D eigenvalue weighted by atomic mass is 10.1. The second-order valence-corrected chi connectivity index (χ2v) is 9.76. The highest BCUT2D eigenvalue weighted by molar-refractivity contribution is 7.88. The first-order valence-corrected chi connectivity index (χ1v) is 11.6. The third-order valence-corrected chi connectivity index (χ3v) is 7.01. The monoisotopic (exact) mass is 452 g/mol. The smallest absolute Gasteiger partial charge is 0.341 e. The normalized spacial score (nSPS) is 15.8. The number of hydrogen-bond donors (Lipinski definition) is 1. The number of nitrogens with zero attached hydrogens (tertiary/aromatic N) is 2. The van der Waals surface area contributed by atoms with Crippen molar-refractivity contribution < 1.29 is 23.1 Å². The lowest BCUT2D eigenvalue weighted by Crippen LogP contribution is -2.48. The quantitative estimate of drug-likeness (QED) is 0.662. The summed E-state index contributed by atoms with van der Waals surface area (Å²) >= 11 is 6.09. The van der Waals surface area contributed by atoms with E-state index in [4.69, 9.17) is 21.4 Å². The topological polar surface area (TPSA) is 87.2 Å². The van der Waals surface area contributed by atoms with Gasteiger partial charge in [-0.1, -0.05) is 41.4 Å². The number of piperazine rings is 1. The predicted molar refractivity (Wildman–Crippen MR) is 115 cm³/mol. The summed E-state index contributed by atoms with van der Waals surface area (Å²) in [5, 5.41) is 9.38. The van der Waals surface area contributed by atoms with Crippen LogP contribution in [0.1, 0.15) is 16.7 Å². The molecule has 0 atom stereocenters. The van der Waals surface area contributed by atoms with E-state index in [1.54, 1.807) is 18.2 Å². The minimum absolute atomic E-state index is 0.00382. The molecule has 0 unspecified atom stereocenters. The zero-order valence-corrected chi connectivity index (χ0v) is 18.3. The number of carbonyl (C=O) groups is 1. The van der Waals surface area contributed by atoms with E-state index in [1.807, 2.05) is 31.2 Å². The Kier molecular flexibility index (Phi) is 7.36. The van der Waals surface area contributed by atoms with Gasteiger partial charge in [0.05, 0.1) is 5.75 Å². The molecule has 0 bridgehead atoms. The van der Waals surface area contributed by atoms with E-state index >= 15 is 0 Å². The van der Waals surface area contributed by atoms with Crippen molar-refractivity contribution >= 4 is 27.6 Å². The van der Waals surface area contributed by atoms with E-state index in [1.165, 1.54) is 4.31 Å². The lowest BCUT2D eigenvalue weighted by Gasteiger charge is -2.34. The molecule has 2 aromatic rings. The molecule has 1 aliphatic heterocycles. The van der Waals surface area contributed by atoms with E-state index in [2.05, 4.69) is 4.90 Å². The SMILES string of the molecule is Cc1cccc(CS(=O)(=O)N2CCN(Cc3cc(Cl)ccc3OCC(=O)O)CC2)c1. The van der Waals surface area contributed by atoms with Gasteiger partial charge in [0, 0.05) is 43.3 Å². The lowest BCUT2D eigenvalue weighted by molar-refractivity contribution is -0.139. The number of aliphatic carboxylic acids is 1. The van der Waals surface area contributed by atoms with Crippen molar-refractivity contribution in [3.63, 3.8) is 0 Å². The third kappa shape index (κ3) is 6.18. The van der Waals surface area contributed by atoms with Crippen LogP contribution in [0.5, 0.6) is 5.75 Å². The molecule has 2 aromatic carbocycles. The Morgan fingerprint density at radius 3 is 2.53 bits per heavy atom. The first-order valence-electron chi connectivity index (χ1n) is 9.62. The Morgan fingerprint density at radius 2 is 1.87 bits per heavy atom. The molecule has 0 aromatic heterocycles.